The van der Waals surface area contributed by atoms with E-state index in [4.69, 9.17) is 0 Å². The molecule has 0 spiro atoms. The van der Waals surface area contributed by atoms with E-state index in [2.05, 4.69) is 28.7 Å². The van der Waals surface area contributed by atoms with Gasteiger partial charge in [-0.25, -0.2) is 13.1 Å². The highest BCUT2D eigenvalue weighted by atomic mass is 32.2. The van der Waals surface area contributed by atoms with Crippen LogP contribution in [0.4, 0.5) is 5.69 Å². The van der Waals surface area contributed by atoms with Gasteiger partial charge in [0.15, 0.2) is 0 Å². The van der Waals surface area contributed by atoms with Crippen LogP contribution < -0.4 is 9.62 Å². The predicted octanol–water partition coefficient (Wildman–Crippen LogP) is 3.31. The van der Waals surface area contributed by atoms with E-state index in [1.807, 2.05) is 12.1 Å². The number of fused-ring (bicyclic) bond motifs is 1. The molecule has 1 amide bonds. The van der Waals surface area contributed by atoms with Crippen molar-refractivity contribution in [3.05, 3.63) is 59.2 Å². The number of hydrogen-bond acceptors (Lipinski definition) is 4. The lowest BCUT2D eigenvalue weighted by atomic mass is 9.98. The Hall–Kier alpha value is -2.22. The predicted molar refractivity (Wildman–Crippen MR) is 122 cm³/mol. The first-order valence-electron chi connectivity index (χ1n) is 11.0. The van der Waals surface area contributed by atoms with Gasteiger partial charge in [0.2, 0.25) is 15.9 Å². The number of nitrogens with zero attached hydrogens (tertiary/aromatic N) is 2. The largest absolute Gasteiger partial charge is 0.312 e. The van der Waals surface area contributed by atoms with Gasteiger partial charge < -0.3 is 4.90 Å². The van der Waals surface area contributed by atoms with Crippen LogP contribution in [0.5, 0.6) is 0 Å². The third-order valence-electron chi connectivity index (χ3n) is 6.38. The van der Waals surface area contributed by atoms with Crippen LogP contribution in [0.3, 0.4) is 0 Å². The molecule has 0 unspecified atom stereocenters. The van der Waals surface area contributed by atoms with Gasteiger partial charge in [-0.1, -0.05) is 31.2 Å². The summed E-state index contributed by atoms with van der Waals surface area (Å²) in [6.45, 7) is 7.85. The third-order valence-corrected chi connectivity index (χ3v) is 7.78. The standard InChI is InChI=1S/C24H31N3O3S/c1-18-8-11-26(12-9-18)17-21-5-3-4-20(14-21)16-25-31(29,30)23-6-7-24-22(15-23)10-13-27(24)19(2)28/h3-7,14-15,18,25H,8-13,16-17H2,1-2H3. The second-order valence-corrected chi connectivity index (χ2v) is 10.6. The molecule has 2 aliphatic heterocycles. The normalized spacial score (nSPS) is 17.7. The SMILES string of the molecule is CC(=O)N1CCc2cc(S(=O)(=O)NCc3cccc(CN4CCC(C)CC4)c3)ccc21. The second-order valence-electron chi connectivity index (χ2n) is 8.81. The van der Waals surface area contributed by atoms with Crippen molar-refractivity contribution < 1.29 is 13.2 Å². The zero-order chi connectivity index (χ0) is 22.0. The number of carbonyl (C=O) groups is 1. The van der Waals surface area contributed by atoms with E-state index in [9.17, 15) is 13.2 Å². The minimum absolute atomic E-state index is 0.0218. The number of piperidine rings is 1. The number of hydrogen-bond donors (Lipinski definition) is 1. The van der Waals surface area contributed by atoms with Gasteiger partial charge in [-0.2, -0.15) is 0 Å². The molecule has 1 N–H and O–H groups in total. The smallest absolute Gasteiger partial charge is 0.240 e. The molecule has 2 aromatic carbocycles. The van der Waals surface area contributed by atoms with Crippen molar-refractivity contribution >= 4 is 21.6 Å². The van der Waals surface area contributed by atoms with Crippen LogP contribution in [0.25, 0.3) is 0 Å². The van der Waals surface area contributed by atoms with Gasteiger partial charge in [0.25, 0.3) is 0 Å². The number of anilines is 1. The summed E-state index contributed by atoms with van der Waals surface area (Å²) in [5, 5.41) is 0. The lowest BCUT2D eigenvalue weighted by Crippen LogP contribution is -2.32. The molecule has 2 heterocycles. The molecule has 31 heavy (non-hydrogen) atoms. The van der Waals surface area contributed by atoms with Gasteiger partial charge in [0.05, 0.1) is 4.90 Å². The van der Waals surface area contributed by atoms with Gasteiger partial charge in [-0.3, -0.25) is 9.69 Å². The van der Waals surface area contributed by atoms with Crippen molar-refractivity contribution in [2.24, 2.45) is 5.92 Å². The molecule has 0 saturated carbocycles. The minimum Gasteiger partial charge on any atom is -0.312 e. The summed E-state index contributed by atoms with van der Waals surface area (Å²) in [4.78, 5) is 16.1. The summed E-state index contributed by atoms with van der Waals surface area (Å²) in [5.74, 6) is 0.785. The number of rotatable bonds is 6. The van der Waals surface area contributed by atoms with Crippen molar-refractivity contribution in [2.75, 3.05) is 24.5 Å². The maximum absolute atomic E-state index is 12.9. The van der Waals surface area contributed by atoms with Crippen LogP contribution in [0.2, 0.25) is 0 Å². The molecule has 0 aromatic heterocycles. The minimum atomic E-state index is -3.63. The Bertz CT molecular complexity index is 1060. The van der Waals surface area contributed by atoms with Crippen molar-refractivity contribution in [1.82, 2.24) is 9.62 Å². The Kier molecular flexibility index (Phi) is 6.46. The molecule has 6 nitrogen and oxygen atoms in total. The highest BCUT2D eigenvalue weighted by Gasteiger charge is 2.24. The average molecular weight is 442 g/mol. The fourth-order valence-electron chi connectivity index (χ4n) is 4.45. The first kappa shape index (κ1) is 22.0. The van der Waals surface area contributed by atoms with E-state index in [0.29, 0.717) is 13.0 Å². The summed E-state index contributed by atoms with van der Waals surface area (Å²) in [6.07, 6.45) is 3.16. The van der Waals surface area contributed by atoms with E-state index in [-0.39, 0.29) is 17.3 Å². The van der Waals surface area contributed by atoms with Crippen LogP contribution in [0.1, 0.15) is 43.4 Å². The average Bonchev–Trinajstić information content (AvgIpc) is 3.18. The fourth-order valence-corrected chi connectivity index (χ4v) is 5.52. The number of carbonyl (C=O) groups excluding carboxylic acids is 1. The Morgan fingerprint density at radius 2 is 1.81 bits per heavy atom. The van der Waals surface area contributed by atoms with Gasteiger partial charge >= 0.3 is 0 Å². The summed E-state index contributed by atoms with van der Waals surface area (Å²) in [5.41, 5.74) is 3.88. The van der Waals surface area contributed by atoms with Crippen LogP contribution >= 0.6 is 0 Å². The van der Waals surface area contributed by atoms with Crippen molar-refractivity contribution in [3.63, 3.8) is 0 Å². The van der Waals surface area contributed by atoms with E-state index in [1.54, 1.807) is 23.1 Å². The van der Waals surface area contributed by atoms with Crippen LogP contribution in [-0.4, -0.2) is 38.9 Å². The van der Waals surface area contributed by atoms with E-state index < -0.39 is 10.0 Å². The van der Waals surface area contributed by atoms with Crippen molar-refractivity contribution in [2.45, 2.75) is 51.1 Å². The van der Waals surface area contributed by atoms with E-state index in [0.717, 1.165) is 42.4 Å². The van der Waals surface area contributed by atoms with Crippen LogP contribution in [0, 0.1) is 5.92 Å². The zero-order valence-corrected chi connectivity index (χ0v) is 19.1. The van der Waals surface area contributed by atoms with Crippen LogP contribution in [-0.2, 0) is 34.3 Å². The molecular formula is C24H31N3O3S. The van der Waals surface area contributed by atoms with Crippen LogP contribution in [0.15, 0.2) is 47.4 Å². The lowest BCUT2D eigenvalue weighted by Gasteiger charge is -2.30. The summed E-state index contributed by atoms with van der Waals surface area (Å²) in [7, 11) is -3.63. The van der Waals surface area contributed by atoms with Gasteiger partial charge in [0, 0.05) is 32.2 Å². The molecule has 0 aliphatic carbocycles. The first-order valence-corrected chi connectivity index (χ1v) is 12.5. The Balaban J connectivity index is 1.40. The van der Waals surface area contributed by atoms with E-state index in [1.165, 1.54) is 25.3 Å². The first-order chi connectivity index (χ1) is 14.8. The molecule has 4 rings (SSSR count). The highest BCUT2D eigenvalue weighted by molar-refractivity contribution is 7.89. The summed E-state index contributed by atoms with van der Waals surface area (Å²) >= 11 is 0. The molecule has 1 fully saturated rings. The van der Waals surface area contributed by atoms with Crippen molar-refractivity contribution in [1.29, 1.82) is 0 Å². The van der Waals surface area contributed by atoms with Gasteiger partial charge in [0.1, 0.15) is 0 Å². The number of benzene rings is 2. The van der Waals surface area contributed by atoms with E-state index >= 15 is 0 Å². The molecule has 7 heteroatoms. The lowest BCUT2D eigenvalue weighted by molar-refractivity contribution is -0.116. The molecule has 0 bridgehead atoms. The maximum atomic E-state index is 12.9. The quantitative estimate of drug-likeness (QED) is 0.747. The molecular weight excluding hydrogens is 410 g/mol. The third kappa shape index (κ3) is 5.17. The number of nitrogens with one attached hydrogen (secondary N) is 1. The Morgan fingerprint density at radius 1 is 1.06 bits per heavy atom. The fraction of sp³-hybridized carbons (Fsp3) is 0.458. The Morgan fingerprint density at radius 3 is 2.55 bits per heavy atom. The molecule has 0 radical (unpaired) electrons. The summed E-state index contributed by atoms with van der Waals surface area (Å²) < 4.78 is 28.4. The molecule has 166 valence electrons. The highest BCUT2D eigenvalue weighted by Crippen LogP contribution is 2.30. The molecule has 2 aromatic rings. The molecule has 2 aliphatic rings. The summed E-state index contributed by atoms with van der Waals surface area (Å²) in [6, 6.07) is 13.2. The van der Waals surface area contributed by atoms with Crippen molar-refractivity contribution in [3.8, 4) is 0 Å². The zero-order valence-electron chi connectivity index (χ0n) is 18.3. The molecule has 0 atom stereocenters. The number of amides is 1. The van der Waals surface area contributed by atoms with Gasteiger partial charge in [-0.05, 0) is 73.2 Å². The second kappa shape index (κ2) is 9.10. The maximum Gasteiger partial charge on any atom is 0.240 e. The Labute approximate surface area is 185 Å². The monoisotopic (exact) mass is 441 g/mol. The molecule has 1 saturated heterocycles. The topological polar surface area (TPSA) is 69.7 Å². The van der Waals surface area contributed by atoms with Gasteiger partial charge in [-0.15, -0.1) is 0 Å². The number of sulfonamides is 1. The number of likely N-dealkylation sites (tertiary alicyclic amines) is 1.